The summed E-state index contributed by atoms with van der Waals surface area (Å²) in [4.78, 5) is 30.4. The highest BCUT2D eigenvalue weighted by molar-refractivity contribution is 5.90. The predicted octanol–water partition coefficient (Wildman–Crippen LogP) is 4.74. The Morgan fingerprint density at radius 2 is 1.75 bits per heavy atom. The van der Waals surface area contributed by atoms with Crippen LogP contribution in [-0.4, -0.2) is 51.3 Å². The SMILES string of the molecule is CC(C)(C)OC(=O)N1C[C@H](Oc2nc(-c3ccccc3)cc3ccccc23)CC1C(=O)O. The Bertz CT molecular complexity index is 1140. The van der Waals surface area contributed by atoms with Gasteiger partial charge in [0.1, 0.15) is 17.7 Å². The Morgan fingerprint density at radius 3 is 2.44 bits per heavy atom. The summed E-state index contributed by atoms with van der Waals surface area (Å²) in [7, 11) is 0. The average molecular weight is 434 g/mol. The molecule has 1 N–H and O–H groups in total. The molecule has 0 saturated carbocycles. The predicted molar refractivity (Wildman–Crippen MR) is 121 cm³/mol. The summed E-state index contributed by atoms with van der Waals surface area (Å²) in [5.74, 6) is -0.667. The second-order valence-electron chi connectivity index (χ2n) is 8.86. The Hall–Kier alpha value is -3.61. The van der Waals surface area contributed by atoms with Gasteiger partial charge in [0.05, 0.1) is 12.2 Å². The van der Waals surface area contributed by atoms with Crippen molar-refractivity contribution in [3.8, 4) is 17.1 Å². The van der Waals surface area contributed by atoms with Crippen molar-refractivity contribution in [1.82, 2.24) is 9.88 Å². The van der Waals surface area contributed by atoms with E-state index in [1.54, 1.807) is 20.8 Å². The topological polar surface area (TPSA) is 89.0 Å². The number of pyridine rings is 1. The molecule has 0 aliphatic carbocycles. The first-order valence-corrected chi connectivity index (χ1v) is 10.6. The number of rotatable bonds is 4. The zero-order chi connectivity index (χ0) is 22.9. The van der Waals surface area contributed by atoms with E-state index in [0.29, 0.717) is 5.88 Å². The standard InChI is InChI=1S/C25H26N2O5/c1-25(2,3)32-24(30)27-15-18(14-21(27)23(28)29)31-22-19-12-8-7-11-17(19)13-20(26-22)16-9-5-4-6-10-16/h4-13,18,21H,14-15H2,1-3H3,(H,28,29)/t18-,21?/m1/s1. The third-order valence-corrected chi connectivity index (χ3v) is 5.23. The van der Waals surface area contributed by atoms with Crippen LogP contribution in [-0.2, 0) is 9.53 Å². The minimum absolute atomic E-state index is 0.109. The van der Waals surface area contributed by atoms with E-state index in [1.165, 1.54) is 4.90 Å². The van der Waals surface area contributed by atoms with E-state index in [2.05, 4.69) is 0 Å². The summed E-state index contributed by atoms with van der Waals surface area (Å²) in [6.07, 6.45) is -1.03. The van der Waals surface area contributed by atoms with Crippen molar-refractivity contribution < 1.29 is 24.2 Å². The number of carboxylic acids is 1. The van der Waals surface area contributed by atoms with Gasteiger partial charge in [-0.15, -0.1) is 0 Å². The van der Waals surface area contributed by atoms with Crippen molar-refractivity contribution in [1.29, 1.82) is 0 Å². The van der Waals surface area contributed by atoms with Crippen molar-refractivity contribution in [3.63, 3.8) is 0 Å². The molecule has 7 heteroatoms. The third-order valence-electron chi connectivity index (χ3n) is 5.23. The van der Waals surface area contributed by atoms with E-state index in [-0.39, 0.29) is 13.0 Å². The number of nitrogens with zero attached hydrogens (tertiary/aromatic N) is 2. The lowest BCUT2D eigenvalue weighted by Crippen LogP contribution is -2.43. The zero-order valence-corrected chi connectivity index (χ0v) is 18.3. The minimum atomic E-state index is -1.09. The number of carbonyl (C=O) groups excluding carboxylic acids is 1. The maximum absolute atomic E-state index is 12.6. The van der Waals surface area contributed by atoms with Crippen LogP contribution in [0.15, 0.2) is 60.7 Å². The Kier molecular flexibility index (Phi) is 5.74. The van der Waals surface area contributed by atoms with E-state index in [4.69, 9.17) is 14.5 Å². The molecular formula is C25H26N2O5. The number of aromatic nitrogens is 1. The van der Waals surface area contributed by atoms with Gasteiger partial charge in [-0.2, -0.15) is 0 Å². The van der Waals surface area contributed by atoms with Crippen LogP contribution in [0.4, 0.5) is 4.79 Å². The number of carboxylic acid groups (broad SMARTS) is 1. The summed E-state index contributed by atoms with van der Waals surface area (Å²) >= 11 is 0. The van der Waals surface area contributed by atoms with Gasteiger partial charge in [0.25, 0.3) is 0 Å². The second-order valence-corrected chi connectivity index (χ2v) is 8.86. The number of aliphatic carboxylic acids is 1. The number of hydrogen-bond acceptors (Lipinski definition) is 5. The normalized spacial score (nSPS) is 18.5. The molecule has 1 saturated heterocycles. The van der Waals surface area contributed by atoms with Crippen molar-refractivity contribution in [3.05, 3.63) is 60.7 Å². The summed E-state index contributed by atoms with van der Waals surface area (Å²) in [6, 6.07) is 18.5. The van der Waals surface area contributed by atoms with Crippen molar-refractivity contribution in [2.45, 2.75) is 44.9 Å². The van der Waals surface area contributed by atoms with Gasteiger partial charge in [-0.05, 0) is 38.3 Å². The number of ether oxygens (including phenoxy) is 2. The zero-order valence-electron chi connectivity index (χ0n) is 18.3. The molecule has 1 amide bonds. The van der Waals surface area contributed by atoms with Crippen LogP contribution in [0.2, 0.25) is 0 Å². The van der Waals surface area contributed by atoms with E-state index in [9.17, 15) is 14.7 Å². The monoisotopic (exact) mass is 434 g/mol. The van der Waals surface area contributed by atoms with Crippen LogP contribution in [0.25, 0.3) is 22.0 Å². The summed E-state index contributed by atoms with van der Waals surface area (Å²) in [5.41, 5.74) is 0.991. The summed E-state index contributed by atoms with van der Waals surface area (Å²) in [5, 5.41) is 11.5. The molecule has 2 atom stereocenters. The van der Waals surface area contributed by atoms with Gasteiger partial charge in [-0.3, -0.25) is 4.90 Å². The van der Waals surface area contributed by atoms with Gasteiger partial charge in [0, 0.05) is 17.4 Å². The molecule has 1 fully saturated rings. The van der Waals surface area contributed by atoms with Crippen molar-refractivity contribution in [2.24, 2.45) is 0 Å². The molecule has 2 heterocycles. The fraction of sp³-hybridized carbons (Fsp3) is 0.320. The van der Waals surface area contributed by atoms with E-state index in [0.717, 1.165) is 22.0 Å². The first kappa shape index (κ1) is 21.6. The van der Waals surface area contributed by atoms with Gasteiger partial charge in [0.2, 0.25) is 5.88 Å². The molecule has 3 aromatic rings. The summed E-state index contributed by atoms with van der Waals surface area (Å²) in [6.45, 7) is 5.35. The number of benzene rings is 2. The van der Waals surface area contributed by atoms with Crippen LogP contribution in [0.5, 0.6) is 5.88 Å². The Morgan fingerprint density at radius 1 is 1.06 bits per heavy atom. The van der Waals surface area contributed by atoms with Crippen LogP contribution in [0.3, 0.4) is 0 Å². The van der Waals surface area contributed by atoms with Crippen LogP contribution < -0.4 is 4.74 Å². The lowest BCUT2D eigenvalue weighted by Gasteiger charge is -2.26. The molecular weight excluding hydrogens is 408 g/mol. The molecule has 4 rings (SSSR count). The average Bonchev–Trinajstić information content (AvgIpc) is 3.18. The second kappa shape index (κ2) is 8.49. The Labute approximate surface area is 186 Å². The molecule has 1 aliphatic heterocycles. The van der Waals surface area contributed by atoms with Crippen molar-refractivity contribution >= 4 is 22.8 Å². The maximum atomic E-state index is 12.6. The van der Waals surface area contributed by atoms with E-state index < -0.39 is 29.8 Å². The third kappa shape index (κ3) is 4.66. The lowest BCUT2D eigenvalue weighted by molar-refractivity contribution is -0.142. The van der Waals surface area contributed by atoms with E-state index in [1.807, 2.05) is 60.7 Å². The first-order chi connectivity index (χ1) is 15.2. The fourth-order valence-electron chi connectivity index (χ4n) is 3.81. The largest absolute Gasteiger partial charge is 0.480 e. The number of hydrogen-bond donors (Lipinski definition) is 1. The Balaban J connectivity index is 1.64. The molecule has 2 aromatic carbocycles. The number of amides is 1. The highest BCUT2D eigenvalue weighted by atomic mass is 16.6. The molecule has 1 aromatic heterocycles. The quantitative estimate of drug-likeness (QED) is 0.638. The molecule has 0 bridgehead atoms. The number of likely N-dealkylation sites (tertiary alicyclic amines) is 1. The van der Waals surface area contributed by atoms with Crippen LogP contribution in [0.1, 0.15) is 27.2 Å². The molecule has 0 radical (unpaired) electrons. The lowest BCUT2D eigenvalue weighted by atomic mass is 10.1. The van der Waals surface area contributed by atoms with Gasteiger partial charge in [-0.25, -0.2) is 14.6 Å². The molecule has 0 spiro atoms. The maximum Gasteiger partial charge on any atom is 0.411 e. The minimum Gasteiger partial charge on any atom is -0.480 e. The van der Waals surface area contributed by atoms with Gasteiger partial charge < -0.3 is 14.6 Å². The highest BCUT2D eigenvalue weighted by Gasteiger charge is 2.43. The fourth-order valence-corrected chi connectivity index (χ4v) is 3.81. The summed E-state index contributed by atoms with van der Waals surface area (Å²) < 4.78 is 11.6. The molecule has 32 heavy (non-hydrogen) atoms. The van der Waals surface area contributed by atoms with Gasteiger partial charge in [-0.1, -0.05) is 48.5 Å². The van der Waals surface area contributed by atoms with Crippen molar-refractivity contribution in [2.75, 3.05) is 6.54 Å². The van der Waals surface area contributed by atoms with Crippen LogP contribution >= 0.6 is 0 Å². The number of fused-ring (bicyclic) bond motifs is 1. The van der Waals surface area contributed by atoms with Crippen LogP contribution in [0, 0.1) is 0 Å². The molecule has 1 unspecified atom stereocenters. The smallest absolute Gasteiger partial charge is 0.411 e. The number of carbonyl (C=O) groups is 2. The first-order valence-electron chi connectivity index (χ1n) is 10.6. The van der Waals surface area contributed by atoms with E-state index >= 15 is 0 Å². The highest BCUT2D eigenvalue weighted by Crippen LogP contribution is 2.32. The van der Waals surface area contributed by atoms with Gasteiger partial charge in [0.15, 0.2) is 0 Å². The van der Waals surface area contributed by atoms with Gasteiger partial charge >= 0.3 is 12.1 Å². The molecule has 166 valence electrons. The molecule has 7 nitrogen and oxygen atoms in total. The molecule has 1 aliphatic rings.